The van der Waals surface area contributed by atoms with E-state index in [0.29, 0.717) is 16.8 Å². The quantitative estimate of drug-likeness (QED) is 0.488. The highest BCUT2D eigenvalue weighted by Crippen LogP contribution is 2.17. The fourth-order valence-corrected chi connectivity index (χ4v) is 1.71. The summed E-state index contributed by atoms with van der Waals surface area (Å²) in [6, 6.07) is 5.21. The van der Waals surface area contributed by atoms with Gasteiger partial charge in [0.15, 0.2) is 0 Å². The van der Waals surface area contributed by atoms with E-state index in [-0.39, 0.29) is 12.3 Å². The van der Waals surface area contributed by atoms with Gasteiger partial charge in [-0.05, 0) is 29.5 Å². The SMILES string of the molecule is CC#Cc1cccc(-n2nnn(C)c2=O)c1COO. The van der Waals surface area contributed by atoms with E-state index < -0.39 is 0 Å². The van der Waals surface area contributed by atoms with Crippen molar-refractivity contribution in [2.45, 2.75) is 13.5 Å². The molecule has 0 aliphatic heterocycles. The van der Waals surface area contributed by atoms with E-state index in [1.807, 2.05) is 0 Å². The number of tetrazole rings is 1. The fraction of sp³-hybridized carbons (Fsp3) is 0.250. The van der Waals surface area contributed by atoms with Crippen LogP contribution in [0.5, 0.6) is 0 Å². The number of rotatable bonds is 3. The summed E-state index contributed by atoms with van der Waals surface area (Å²) in [5.74, 6) is 5.65. The molecule has 0 unspecified atom stereocenters. The molecule has 19 heavy (non-hydrogen) atoms. The van der Waals surface area contributed by atoms with Gasteiger partial charge in [-0.3, -0.25) is 5.26 Å². The maximum absolute atomic E-state index is 11.9. The van der Waals surface area contributed by atoms with Crippen LogP contribution in [0.3, 0.4) is 0 Å². The molecule has 0 saturated carbocycles. The second-order valence-electron chi connectivity index (χ2n) is 3.75. The van der Waals surface area contributed by atoms with E-state index in [2.05, 4.69) is 27.2 Å². The summed E-state index contributed by atoms with van der Waals surface area (Å²) in [6.45, 7) is 1.61. The molecule has 98 valence electrons. The zero-order chi connectivity index (χ0) is 13.8. The van der Waals surface area contributed by atoms with Gasteiger partial charge in [0.2, 0.25) is 0 Å². The van der Waals surface area contributed by atoms with Gasteiger partial charge in [0.05, 0.1) is 5.69 Å². The van der Waals surface area contributed by atoms with E-state index in [4.69, 9.17) is 5.26 Å². The van der Waals surface area contributed by atoms with Crippen molar-refractivity contribution in [3.05, 3.63) is 39.8 Å². The Labute approximate surface area is 109 Å². The first-order chi connectivity index (χ1) is 9.19. The minimum atomic E-state index is -0.388. The zero-order valence-corrected chi connectivity index (χ0v) is 10.5. The summed E-state index contributed by atoms with van der Waals surface area (Å²) < 4.78 is 2.25. The van der Waals surface area contributed by atoms with Gasteiger partial charge in [-0.15, -0.1) is 5.92 Å². The summed E-state index contributed by atoms with van der Waals surface area (Å²) in [6.07, 6.45) is 0. The molecule has 0 spiro atoms. The number of nitrogens with zero attached hydrogens (tertiary/aromatic N) is 4. The average molecular weight is 260 g/mol. The lowest BCUT2D eigenvalue weighted by Crippen LogP contribution is -2.23. The van der Waals surface area contributed by atoms with E-state index in [1.54, 1.807) is 25.1 Å². The number of benzene rings is 1. The molecule has 2 rings (SSSR count). The first kappa shape index (κ1) is 13.0. The number of aromatic nitrogens is 4. The molecule has 0 aliphatic carbocycles. The molecule has 1 heterocycles. The minimum Gasteiger partial charge on any atom is -0.251 e. The van der Waals surface area contributed by atoms with Crippen LogP contribution in [0, 0.1) is 11.8 Å². The van der Waals surface area contributed by atoms with E-state index in [9.17, 15) is 4.79 Å². The lowest BCUT2D eigenvalue weighted by atomic mass is 10.1. The molecule has 7 nitrogen and oxygen atoms in total. The monoisotopic (exact) mass is 260 g/mol. The Morgan fingerprint density at radius 1 is 1.42 bits per heavy atom. The number of aryl methyl sites for hydroxylation is 1. The fourth-order valence-electron chi connectivity index (χ4n) is 1.71. The summed E-state index contributed by atoms with van der Waals surface area (Å²) in [4.78, 5) is 16.0. The Kier molecular flexibility index (Phi) is 3.75. The highest BCUT2D eigenvalue weighted by atomic mass is 17.1. The molecule has 0 radical (unpaired) electrons. The predicted octanol–water partition coefficient (Wildman–Crippen LogP) is 0.327. The van der Waals surface area contributed by atoms with Gasteiger partial charge in [-0.1, -0.05) is 12.0 Å². The van der Waals surface area contributed by atoms with Crippen molar-refractivity contribution < 1.29 is 10.1 Å². The van der Waals surface area contributed by atoms with Gasteiger partial charge in [0, 0.05) is 18.2 Å². The van der Waals surface area contributed by atoms with Crippen molar-refractivity contribution in [2.75, 3.05) is 0 Å². The molecule has 0 atom stereocenters. The Balaban J connectivity index is 2.68. The first-order valence-electron chi connectivity index (χ1n) is 5.49. The summed E-state index contributed by atoms with van der Waals surface area (Å²) in [5, 5.41) is 16.1. The average Bonchev–Trinajstić information content (AvgIpc) is 2.73. The second kappa shape index (κ2) is 5.48. The van der Waals surface area contributed by atoms with Crippen molar-refractivity contribution in [1.29, 1.82) is 0 Å². The lowest BCUT2D eigenvalue weighted by molar-refractivity contribution is -0.253. The maximum atomic E-state index is 11.9. The molecule has 0 amide bonds. The Morgan fingerprint density at radius 2 is 2.21 bits per heavy atom. The van der Waals surface area contributed by atoms with E-state index >= 15 is 0 Å². The Bertz CT molecular complexity index is 706. The molecule has 7 heteroatoms. The molecule has 0 aliphatic rings. The third-order valence-corrected chi connectivity index (χ3v) is 2.57. The Hall–Kier alpha value is -2.43. The zero-order valence-electron chi connectivity index (χ0n) is 10.5. The van der Waals surface area contributed by atoms with Crippen LogP contribution in [0.15, 0.2) is 23.0 Å². The lowest BCUT2D eigenvalue weighted by Gasteiger charge is -2.08. The summed E-state index contributed by atoms with van der Waals surface area (Å²) in [5.41, 5.74) is 1.32. The van der Waals surface area contributed by atoms with Crippen LogP contribution in [-0.4, -0.2) is 25.0 Å². The summed E-state index contributed by atoms with van der Waals surface area (Å²) in [7, 11) is 1.50. The van der Waals surface area contributed by atoms with Gasteiger partial charge in [-0.2, -0.15) is 9.36 Å². The van der Waals surface area contributed by atoms with Gasteiger partial charge >= 0.3 is 5.69 Å². The highest BCUT2D eigenvalue weighted by molar-refractivity contribution is 5.51. The maximum Gasteiger partial charge on any atom is 0.368 e. The normalized spacial score (nSPS) is 10.1. The third kappa shape index (κ3) is 2.40. The highest BCUT2D eigenvalue weighted by Gasteiger charge is 2.13. The molecule has 2 aromatic rings. The molecule has 0 bridgehead atoms. The van der Waals surface area contributed by atoms with Crippen LogP contribution in [0.4, 0.5) is 0 Å². The van der Waals surface area contributed by atoms with Crippen molar-refractivity contribution >= 4 is 0 Å². The van der Waals surface area contributed by atoms with E-state index in [1.165, 1.54) is 7.05 Å². The Morgan fingerprint density at radius 3 is 2.79 bits per heavy atom. The van der Waals surface area contributed by atoms with Crippen molar-refractivity contribution in [3.63, 3.8) is 0 Å². The van der Waals surface area contributed by atoms with Crippen LogP contribution >= 0.6 is 0 Å². The van der Waals surface area contributed by atoms with E-state index in [0.717, 1.165) is 9.36 Å². The van der Waals surface area contributed by atoms with Gasteiger partial charge in [0.25, 0.3) is 0 Å². The molecule has 0 fully saturated rings. The molecular weight excluding hydrogens is 248 g/mol. The van der Waals surface area contributed by atoms with Gasteiger partial charge < -0.3 is 0 Å². The van der Waals surface area contributed by atoms with Crippen LogP contribution in [0.2, 0.25) is 0 Å². The largest absolute Gasteiger partial charge is 0.368 e. The minimum absolute atomic E-state index is 0.0940. The van der Waals surface area contributed by atoms with Crippen LogP contribution < -0.4 is 5.69 Å². The molecule has 1 aromatic heterocycles. The molecule has 1 N–H and O–H groups in total. The smallest absolute Gasteiger partial charge is 0.251 e. The standard InChI is InChI=1S/C12H12N4O3/c1-3-5-9-6-4-7-11(10(9)8-19-18)16-12(17)15(2)13-14-16/h4,6-7,18H,8H2,1-2H3. The first-order valence-corrected chi connectivity index (χ1v) is 5.49. The van der Waals surface area contributed by atoms with Gasteiger partial charge in [0.1, 0.15) is 6.61 Å². The van der Waals surface area contributed by atoms with Crippen LogP contribution in [-0.2, 0) is 18.5 Å². The molecular formula is C12H12N4O3. The van der Waals surface area contributed by atoms with Crippen molar-refractivity contribution in [1.82, 2.24) is 19.8 Å². The van der Waals surface area contributed by atoms with Gasteiger partial charge in [-0.25, -0.2) is 9.68 Å². The van der Waals surface area contributed by atoms with Crippen LogP contribution in [0.25, 0.3) is 5.69 Å². The molecule has 0 saturated heterocycles. The summed E-state index contributed by atoms with van der Waals surface area (Å²) >= 11 is 0. The third-order valence-electron chi connectivity index (χ3n) is 2.57. The molecule has 1 aromatic carbocycles. The van der Waals surface area contributed by atoms with Crippen LogP contribution in [0.1, 0.15) is 18.1 Å². The topological polar surface area (TPSA) is 82.2 Å². The number of hydrogen-bond donors (Lipinski definition) is 1. The van der Waals surface area contributed by atoms with Crippen molar-refractivity contribution in [2.24, 2.45) is 7.05 Å². The second-order valence-corrected chi connectivity index (χ2v) is 3.75. The number of hydrogen-bond acceptors (Lipinski definition) is 5. The van der Waals surface area contributed by atoms with Crippen molar-refractivity contribution in [3.8, 4) is 17.5 Å². The predicted molar refractivity (Wildman–Crippen MR) is 66.6 cm³/mol.